The van der Waals surface area contributed by atoms with Crippen LogP contribution in [0, 0.1) is 0 Å². The van der Waals surface area contributed by atoms with E-state index >= 15 is 0 Å². The summed E-state index contributed by atoms with van der Waals surface area (Å²) < 4.78 is 5.54. The second-order valence-electron chi connectivity index (χ2n) is 5.20. The number of rotatable bonds is 6. The zero-order chi connectivity index (χ0) is 14.4. The van der Waals surface area contributed by atoms with Crippen molar-refractivity contribution in [1.29, 1.82) is 0 Å². The Bertz CT molecular complexity index is 403. The van der Waals surface area contributed by atoms with Gasteiger partial charge in [-0.3, -0.25) is 4.79 Å². The van der Waals surface area contributed by atoms with Crippen LogP contribution >= 0.6 is 11.3 Å². The first-order chi connectivity index (χ1) is 9.66. The van der Waals surface area contributed by atoms with Crippen molar-refractivity contribution in [2.45, 2.75) is 18.6 Å². The van der Waals surface area contributed by atoms with Crippen LogP contribution < -0.4 is 10.6 Å². The Morgan fingerprint density at radius 1 is 1.65 bits per heavy atom. The molecule has 5 nitrogen and oxygen atoms in total. The van der Waals surface area contributed by atoms with E-state index in [2.05, 4.69) is 27.0 Å². The van der Waals surface area contributed by atoms with Gasteiger partial charge in [-0.2, -0.15) is 0 Å². The Hall–Kier alpha value is -0.950. The molecule has 1 aromatic rings. The summed E-state index contributed by atoms with van der Waals surface area (Å²) in [5.41, 5.74) is 0. The van der Waals surface area contributed by atoms with Crippen LogP contribution in [-0.2, 0) is 9.53 Å². The van der Waals surface area contributed by atoms with Gasteiger partial charge in [-0.25, -0.2) is 0 Å². The molecule has 1 amide bonds. The van der Waals surface area contributed by atoms with E-state index in [0.29, 0.717) is 19.6 Å². The lowest BCUT2D eigenvalue weighted by Crippen LogP contribution is -2.42. The number of nitrogens with one attached hydrogen (secondary N) is 2. The molecule has 0 bridgehead atoms. The summed E-state index contributed by atoms with van der Waals surface area (Å²) in [6, 6.07) is 4.37. The molecule has 0 aromatic carbocycles. The summed E-state index contributed by atoms with van der Waals surface area (Å²) in [4.78, 5) is 15.4. The van der Waals surface area contributed by atoms with Gasteiger partial charge in [-0.1, -0.05) is 6.07 Å². The molecule has 2 atom stereocenters. The van der Waals surface area contributed by atoms with Crippen molar-refractivity contribution < 1.29 is 9.53 Å². The van der Waals surface area contributed by atoms with Gasteiger partial charge in [0.2, 0.25) is 5.91 Å². The molecule has 0 radical (unpaired) electrons. The second-order valence-corrected chi connectivity index (χ2v) is 6.18. The number of amides is 1. The maximum atomic E-state index is 12.0. The molecular formula is C14H23N3O2S. The first-order valence-electron chi connectivity index (χ1n) is 6.95. The van der Waals surface area contributed by atoms with Crippen LogP contribution in [0.1, 0.15) is 17.3 Å². The summed E-state index contributed by atoms with van der Waals surface area (Å²) >= 11 is 1.72. The molecule has 0 spiro atoms. The van der Waals surface area contributed by atoms with Gasteiger partial charge < -0.3 is 20.3 Å². The molecule has 1 saturated heterocycles. The SMILES string of the molecule is CN(C)C(CNC(=O)CC1CNCCO1)c1cccs1. The van der Waals surface area contributed by atoms with Gasteiger partial charge in [0, 0.05) is 24.5 Å². The minimum Gasteiger partial charge on any atom is -0.375 e. The smallest absolute Gasteiger partial charge is 0.222 e. The highest BCUT2D eigenvalue weighted by Gasteiger charge is 2.19. The van der Waals surface area contributed by atoms with E-state index in [1.165, 1.54) is 4.88 Å². The molecule has 20 heavy (non-hydrogen) atoms. The molecular weight excluding hydrogens is 274 g/mol. The third kappa shape index (κ3) is 4.56. The molecule has 1 aliphatic heterocycles. The van der Waals surface area contributed by atoms with Crippen molar-refractivity contribution in [3.05, 3.63) is 22.4 Å². The standard InChI is InChI=1S/C14H23N3O2S/c1-17(2)12(13-4-3-7-20-13)10-16-14(18)8-11-9-15-5-6-19-11/h3-4,7,11-12,15H,5-6,8-10H2,1-2H3,(H,16,18). The van der Waals surface area contributed by atoms with Gasteiger partial charge in [0.15, 0.2) is 0 Å². The van der Waals surface area contributed by atoms with Crippen LogP contribution in [0.2, 0.25) is 0 Å². The van der Waals surface area contributed by atoms with Crippen molar-refractivity contribution in [3.63, 3.8) is 0 Å². The zero-order valence-corrected chi connectivity index (χ0v) is 12.9. The number of carbonyl (C=O) groups excluding carboxylic acids is 1. The summed E-state index contributed by atoms with van der Waals surface area (Å²) in [7, 11) is 4.06. The molecule has 2 N–H and O–H groups in total. The zero-order valence-electron chi connectivity index (χ0n) is 12.1. The highest BCUT2D eigenvalue weighted by molar-refractivity contribution is 7.10. The summed E-state index contributed by atoms with van der Waals surface area (Å²) in [5, 5.41) is 8.32. The quantitative estimate of drug-likeness (QED) is 0.817. The Morgan fingerprint density at radius 2 is 2.50 bits per heavy atom. The fourth-order valence-electron chi connectivity index (χ4n) is 2.26. The first kappa shape index (κ1) is 15.4. The molecule has 1 aromatic heterocycles. The number of ether oxygens (including phenoxy) is 1. The number of likely N-dealkylation sites (N-methyl/N-ethyl adjacent to an activating group) is 1. The van der Waals surface area contributed by atoms with Crippen molar-refractivity contribution in [1.82, 2.24) is 15.5 Å². The maximum absolute atomic E-state index is 12.0. The Balaban J connectivity index is 1.78. The third-order valence-corrected chi connectivity index (χ3v) is 4.38. The summed E-state index contributed by atoms with van der Waals surface area (Å²) in [5.74, 6) is 0.0575. The first-order valence-corrected chi connectivity index (χ1v) is 7.83. The van der Waals surface area contributed by atoms with Gasteiger partial charge in [-0.05, 0) is 25.5 Å². The average molecular weight is 297 g/mol. The predicted octanol–water partition coefficient (Wildman–Crippen LogP) is 0.846. The van der Waals surface area contributed by atoms with E-state index in [4.69, 9.17) is 4.74 Å². The molecule has 2 rings (SSSR count). The number of hydrogen-bond acceptors (Lipinski definition) is 5. The highest BCUT2D eigenvalue weighted by atomic mass is 32.1. The lowest BCUT2D eigenvalue weighted by atomic mass is 10.2. The highest BCUT2D eigenvalue weighted by Crippen LogP contribution is 2.22. The number of nitrogens with zero attached hydrogens (tertiary/aromatic N) is 1. The Morgan fingerprint density at radius 3 is 3.10 bits per heavy atom. The molecule has 2 heterocycles. The monoisotopic (exact) mass is 297 g/mol. The van der Waals surface area contributed by atoms with Crippen LogP contribution in [0.25, 0.3) is 0 Å². The molecule has 0 saturated carbocycles. The van der Waals surface area contributed by atoms with Crippen LogP contribution in [-0.4, -0.2) is 57.2 Å². The molecule has 1 aliphatic rings. The molecule has 0 aliphatic carbocycles. The van der Waals surface area contributed by atoms with E-state index in [1.54, 1.807) is 11.3 Å². The summed E-state index contributed by atoms with van der Waals surface area (Å²) in [6.07, 6.45) is 0.431. The number of morpholine rings is 1. The minimum atomic E-state index is 0.00305. The maximum Gasteiger partial charge on any atom is 0.222 e. The van der Waals surface area contributed by atoms with Crippen molar-refractivity contribution >= 4 is 17.2 Å². The van der Waals surface area contributed by atoms with Crippen molar-refractivity contribution in [2.24, 2.45) is 0 Å². The van der Waals surface area contributed by atoms with E-state index < -0.39 is 0 Å². The lowest BCUT2D eigenvalue weighted by molar-refractivity contribution is -0.124. The second kappa shape index (κ2) is 7.73. The largest absolute Gasteiger partial charge is 0.375 e. The number of hydrogen-bond donors (Lipinski definition) is 2. The molecule has 1 fully saturated rings. The van der Waals surface area contributed by atoms with Crippen molar-refractivity contribution in [3.8, 4) is 0 Å². The van der Waals surface area contributed by atoms with Crippen LogP contribution in [0.3, 0.4) is 0 Å². The van der Waals surface area contributed by atoms with Gasteiger partial charge in [0.05, 0.1) is 25.2 Å². The average Bonchev–Trinajstić information content (AvgIpc) is 2.93. The van der Waals surface area contributed by atoms with E-state index in [-0.39, 0.29) is 18.1 Å². The summed E-state index contributed by atoms with van der Waals surface area (Å²) in [6.45, 7) is 2.95. The van der Waals surface area contributed by atoms with E-state index in [9.17, 15) is 4.79 Å². The minimum absolute atomic E-state index is 0.00305. The fourth-order valence-corrected chi connectivity index (χ4v) is 3.18. The third-order valence-electron chi connectivity index (χ3n) is 3.41. The molecule has 112 valence electrons. The number of carbonyl (C=O) groups is 1. The van der Waals surface area contributed by atoms with Crippen LogP contribution in [0.5, 0.6) is 0 Å². The van der Waals surface area contributed by atoms with Crippen LogP contribution in [0.4, 0.5) is 0 Å². The van der Waals surface area contributed by atoms with Crippen LogP contribution in [0.15, 0.2) is 17.5 Å². The van der Waals surface area contributed by atoms with Crippen molar-refractivity contribution in [2.75, 3.05) is 40.3 Å². The van der Waals surface area contributed by atoms with Gasteiger partial charge in [0.1, 0.15) is 0 Å². The topological polar surface area (TPSA) is 53.6 Å². The van der Waals surface area contributed by atoms with Gasteiger partial charge in [0.25, 0.3) is 0 Å². The lowest BCUT2D eigenvalue weighted by Gasteiger charge is -2.25. The molecule has 2 unspecified atom stereocenters. The van der Waals surface area contributed by atoms with Gasteiger partial charge >= 0.3 is 0 Å². The van der Waals surface area contributed by atoms with E-state index in [1.807, 2.05) is 20.2 Å². The van der Waals surface area contributed by atoms with E-state index in [0.717, 1.165) is 13.1 Å². The Kier molecular flexibility index (Phi) is 5.97. The van der Waals surface area contributed by atoms with Gasteiger partial charge in [-0.15, -0.1) is 11.3 Å². The normalized spacial score (nSPS) is 20.9. The Labute approximate surface area is 124 Å². The fraction of sp³-hybridized carbons (Fsp3) is 0.643. The molecule has 6 heteroatoms. The predicted molar refractivity (Wildman–Crippen MR) is 81.0 cm³/mol. The number of thiophene rings is 1.